The number of carbonyl (C=O) groups excluding carboxylic acids is 2. The van der Waals surface area contributed by atoms with Crippen molar-refractivity contribution in [3.05, 3.63) is 93.8 Å². The Balaban J connectivity index is 1.47. The lowest BCUT2D eigenvalue weighted by Crippen LogP contribution is -2.37. The Morgan fingerprint density at radius 2 is 1.92 bits per heavy atom. The SMILES string of the molecule is COC(=O)c1ccnc(NC(=O)C2=C(C)NC(Nc3nc4cc(C)ccc4o3)=NC2c2ccccc2Cl)c1. The first kappa shape index (κ1) is 25.0. The van der Waals surface area contributed by atoms with Crippen molar-refractivity contribution in [3.8, 4) is 0 Å². The number of anilines is 2. The number of hydrogen-bond acceptors (Lipinski definition) is 9. The van der Waals surface area contributed by atoms with Gasteiger partial charge >= 0.3 is 12.0 Å². The minimum atomic E-state index is -0.761. The predicted molar refractivity (Wildman–Crippen MR) is 144 cm³/mol. The number of ether oxygens (including phenoxy) is 1. The number of nitrogens with zero attached hydrogens (tertiary/aromatic N) is 3. The molecule has 1 atom stereocenters. The summed E-state index contributed by atoms with van der Waals surface area (Å²) in [4.78, 5) is 38.8. The lowest BCUT2D eigenvalue weighted by Gasteiger charge is -2.26. The van der Waals surface area contributed by atoms with E-state index in [2.05, 4.69) is 25.9 Å². The number of rotatable bonds is 5. The summed E-state index contributed by atoms with van der Waals surface area (Å²) in [6.07, 6.45) is 1.41. The average Bonchev–Trinajstić information content (AvgIpc) is 3.29. The standard InChI is InChI=1S/C27H23ClN6O4/c1-14-8-9-20-19(12-14)31-27(38-20)34-26-30-15(2)22(23(33-26)17-6-4-5-7-18(17)28)24(35)32-21-13-16(10-11-29-21)25(36)37-3/h4-13,23H,1-3H3,(H,29,32,35)(H2,30,31,33,34). The zero-order valence-electron chi connectivity index (χ0n) is 20.7. The fourth-order valence-corrected chi connectivity index (χ4v) is 4.31. The highest BCUT2D eigenvalue weighted by Gasteiger charge is 2.31. The second-order valence-corrected chi connectivity index (χ2v) is 8.96. The van der Waals surface area contributed by atoms with Crippen molar-refractivity contribution >= 4 is 52.4 Å². The van der Waals surface area contributed by atoms with E-state index in [0.29, 0.717) is 38.9 Å². The van der Waals surface area contributed by atoms with Gasteiger partial charge in [-0.2, -0.15) is 4.98 Å². The Morgan fingerprint density at radius 1 is 1.11 bits per heavy atom. The van der Waals surface area contributed by atoms with E-state index in [0.717, 1.165) is 5.56 Å². The number of hydrogen-bond donors (Lipinski definition) is 3. The molecule has 3 N–H and O–H groups in total. The molecule has 0 saturated heterocycles. The van der Waals surface area contributed by atoms with Crippen molar-refractivity contribution in [2.45, 2.75) is 19.9 Å². The number of halogens is 1. The first-order valence-corrected chi connectivity index (χ1v) is 12.0. The number of allylic oxidation sites excluding steroid dienone is 1. The molecule has 3 heterocycles. The summed E-state index contributed by atoms with van der Waals surface area (Å²) >= 11 is 6.52. The molecule has 11 heteroatoms. The number of oxazole rings is 1. The monoisotopic (exact) mass is 530 g/mol. The molecule has 2 aromatic carbocycles. The smallest absolute Gasteiger partial charge is 0.338 e. The molecule has 10 nitrogen and oxygen atoms in total. The second kappa shape index (κ2) is 10.3. The van der Waals surface area contributed by atoms with Crippen LogP contribution in [-0.2, 0) is 9.53 Å². The van der Waals surface area contributed by atoms with Crippen molar-refractivity contribution in [1.82, 2.24) is 15.3 Å². The molecule has 38 heavy (non-hydrogen) atoms. The molecule has 0 radical (unpaired) electrons. The maximum absolute atomic E-state index is 13.5. The molecule has 2 aromatic heterocycles. The quantitative estimate of drug-likeness (QED) is 0.307. The van der Waals surface area contributed by atoms with E-state index in [9.17, 15) is 9.59 Å². The Kier molecular flexibility index (Phi) is 6.80. The maximum Gasteiger partial charge on any atom is 0.338 e. The van der Waals surface area contributed by atoms with Crippen LogP contribution in [0.1, 0.15) is 34.5 Å². The Bertz CT molecular complexity index is 1630. The van der Waals surface area contributed by atoms with Crippen LogP contribution in [0.3, 0.4) is 0 Å². The van der Waals surface area contributed by atoms with E-state index in [4.69, 9.17) is 25.7 Å². The molecule has 0 spiro atoms. The molecule has 5 rings (SSSR count). The molecule has 1 unspecified atom stereocenters. The fourth-order valence-electron chi connectivity index (χ4n) is 4.08. The van der Waals surface area contributed by atoms with Gasteiger partial charge in [-0.05, 0) is 49.7 Å². The van der Waals surface area contributed by atoms with Crippen LogP contribution in [0.4, 0.5) is 11.8 Å². The summed E-state index contributed by atoms with van der Waals surface area (Å²) in [5.41, 5.74) is 4.13. The number of nitrogens with one attached hydrogen (secondary N) is 3. The number of carbonyl (C=O) groups is 2. The highest BCUT2D eigenvalue weighted by atomic mass is 35.5. The molecule has 1 amide bonds. The fraction of sp³-hybridized carbons (Fsp3) is 0.148. The van der Waals surface area contributed by atoms with Gasteiger partial charge in [0, 0.05) is 22.5 Å². The van der Waals surface area contributed by atoms with E-state index < -0.39 is 17.9 Å². The molecule has 0 fully saturated rings. The Hall–Kier alpha value is -4.70. The topological polar surface area (TPSA) is 131 Å². The second-order valence-electron chi connectivity index (χ2n) is 8.56. The zero-order chi connectivity index (χ0) is 26.8. The average molecular weight is 531 g/mol. The van der Waals surface area contributed by atoms with Crippen LogP contribution in [-0.4, -0.2) is 34.9 Å². The summed E-state index contributed by atoms with van der Waals surface area (Å²) < 4.78 is 10.6. The van der Waals surface area contributed by atoms with Crippen LogP contribution in [0.5, 0.6) is 0 Å². The van der Waals surface area contributed by atoms with E-state index in [-0.39, 0.29) is 17.4 Å². The molecular weight excluding hydrogens is 508 g/mol. The minimum absolute atomic E-state index is 0.186. The van der Waals surface area contributed by atoms with Crippen LogP contribution in [0.15, 0.2) is 81.5 Å². The molecule has 4 aromatic rings. The lowest BCUT2D eigenvalue weighted by molar-refractivity contribution is -0.113. The summed E-state index contributed by atoms with van der Waals surface area (Å²) in [7, 11) is 1.28. The van der Waals surface area contributed by atoms with Gasteiger partial charge in [0.15, 0.2) is 5.58 Å². The molecule has 1 aliphatic heterocycles. The van der Waals surface area contributed by atoms with Gasteiger partial charge in [-0.3, -0.25) is 10.1 Å². The van der Waals surface area contributed by atoms with Crippen molar-refractivity contribution < 1.29 is 18.7 Å². The van der Waals surface area contributed by atoms with E-state index in [1.54, 1.807) is 25.1 Å². The molecule has 0 aliphatic carbocycles. The van der Waals surface area contributed by atoms with Gasteiger partial charge in [0.05, 0.1) is 18.2 Å². The summed E-state index contributed by atoms with van der Waals surface area (Å²) in [6.45, 7) is 3.73. The number of aliphatic imine (C=N–C) groups is 1. The van der Waals surface area contributed by atoms with Gasteiger partial charge in [-0.15, -0.1) is 0 Å². The highest BCUT2D eigenvalue weighted by Crippen LogP contribution is 2.35. The van der Waals surface area contributed by atoms with Crippen molar-refractivity contribution in [2.24, 2.45) is 4.99 Å². The number of guanidine groups is 1. The van der Waals surface area contributed by atoms with Crippen LogP contribution < -0.4 is 16.0 Å². The van der Waals surface area contributed by atoms with Crippen LogP contribution in [0, 0.1) is 6.92 Å². The number of methoxy groups -OCH3 is 1. The minimum Gasteiger partial charge on any atom is -0.465 e. The number of amides is 1. The normalized spacial score (nSPS) is 15.1. The van der Waals surface area contributed by atoms with Gasteiger partial charge in [0.1, 0.15) is 17.4 Å². The largest absolute Gasteiger partial charge is 0.465 e. The van der Waals surface area contributed by atoms with Gasteiger partial charge in [0.25, 0.3) is 5.91 Å². The predicted octanol–water partition coefficient (Wildman–Crippen LogP) is 5.00. The third-order valence-corrected chi connectivity index (χ3v) is 6.22. The molecule has 0 bridgehead atoms. The number of aryl methyl sites for hydroxylation is 1. The number of fused-ring (bicyclic) bond motifs is 1. The van der Waals surface area contributed by atoms with Crippen molar-refractivity contribution in [3.63, 3.8) is 0 Å². The first-order chi connectivity index (χ1) is 18.3. The molecule has 1 aliphatic rings. The van der Waals surface area contributed by atoms with E-state index >= 15 is 0 Å². The van der Waals surface area contributed by atoms with Gasteiger partial charge in [0.2, 0.25) is 5.96 Å². The van der Waals surface area contributed by atoms with E-state index in [1.807, 2.05) is 31.2 Å². The Morgan fingerprint density at radius 3 is 2.71 bits per heavy atom. The molecule has 0 saturated carbocycles. The van der Waals surface area contributed by atoms with Crippen molar-refractivity contribution in [1.29, 1.82) is 0 Å². The van der Waals surface area contributed by atoms with Crippen LogP contribution in [0.2, 0.25) is 5.02 Å². The molecular formula is C27H23ClN6O4. The number of pyridine rings is 1. The van der Waals surface area contributed by atoms with Gasteiger partial charge in [-0.1, -0.05) is 35.9 Å². The van der Waals surface area contributed by atoms with E-state index in [1.165, 1.54) is 25.4 Å². The molecule has 192 valence electrons. The summed E-state index contributed by atoms with van der Waals surface area (Å²) in [5.74, 6) is -0.486. The van der Waals surface area contributed by atoms with Crippen LogP contribution in [0.25, 0.3) is 11.1 Å². The number of benzene rings is 2. The Labute approximate surface area is 222 Å². The third-order valence-electron chi connectivity index (χ3n) is 5.88. The van der Waals surface area contributed by atoms with Gasteiger partial charge < -0.3 is 19.8 Å². The van der Waals surface area contributed by atoms with Crippen molar-refractivity contribution in [2.75, 3.05) is 17.7 Å². The third kappa shape index (κ3) is 5.07. The van der Waals surface area contributed by atoms with Gasteiger partial charge in [-0.25, -0.2) is 14.8 Å². The summed E-state index contributed by atoms with van der Waals surface area (Å²) in [6, 6.07) is 15.3. The zero-order valence-corrected chi connectivity index (χ0v) is 21.5. The lowest BCUT2D eigenvalue weighted by atomic mass is 9.95. The number of aromatic nitrogens is 2. The number of esters is 1. The summed E-state index contributed by atoms with van der Waals surface area (Å²) in [5, 5.41) is 9.38. The van der Waals surface area contributed by atoms with Crippen LogP contribution >= 0.6 is 11.6 Å². The maximum atomic E-state index is 13.5. The first-order valence-electron chi connectivity index (χ1n) is 11.6. The highest BCUT2D eigenvalue weighted by molar-refractivity contribution is 6.31.